The summed E-state index contributed by atoms with van der Waals surface area (Å²) in [5, 5.41) is 12.0. The number of nitrogens with one attached hydrogen (secondary N) is 1. The highest BCUT2D eigenvalue weighted by Gasteiger charge is 2.17. The Hall–Kier alpha value is -1.43. The van der Waals surface area contributed by atoms with Crippen LogP contribution in [0.3, 0.4) is 0 Å². The molecular formula is C11H14N2O3S. The fourth-order valence-corrected chi connectivity index (χ4v) is 3.08. The maximum atomic E-state index is 11.2. The molecular weight excluding hydrogens is 240 g/mol. The fraction of sp³-hybridized carbons (Fsp3) is 0.455. The number of hydrogen-bond acceptors (Lipinski definition) is 4. The molecule has 0 amide bonds. The van der Waals surface area contributed by atoms with Crippen LogP contribution >= 0.6 is 0 Å². The lowest BCUT2D eigenvalue weighted by Crippen LogP contribution is -2.29. The van der Waals surface area contributed by atoms with E-state index in [1.54, 1.807) is 6.07 Å². The number of pyridine rings is 1. The minimum Gasteiger partial charge on any atom is -0.477 e. The van der Waals surface area contributed by atoms with Crippen molar-refractivity contribution in [2.75, 3.05) is 16.8 Å². The highest BCUT2D eigenvalue weighted by Crippen LogP contribution is 2.15. The van der Waals surface area contributed by atoms with E-state index < -0.39 is 16.8 Å². The lowest BCUT2D eigenvalue weighted by atomic mass is 10.1. The first-order valence-corrected chi connectivity index (χ1v) is 6.95. The third-order valence-corrected chi connectivity index (χ3v) is 4.12. The molecule has 1 aliphatic heterocycles. The zero-order chi connectivity index (χ0) is 12.3. The van der Waals surface area contributed by atoms with Crippen LogP contribution in [-0.2, 0) is 10.8 Å². The first-order valence-electron chi connectivity index (χ1n) is 5.46. The van der Waals surface area contributed by atoms with E-state index in [4.69, 9.17) is 5.11 Å². The van der Waals surface area contributed by atoms with Gasteiger partial charge in [-0.2, -0.15) is 0 Å². The molecule has 1 aromatic rings. The molecule has 0 radical (unpaired) electrons. The molecule has 1 saturated heterocycles. The number of rotatable bonds is 3. The van der Waals surface area contributed by atoms with Crippen molar-refractivity contribution in [1.29, 1.82) is 0 Å². The number of hydrogen-bond donors (Lipinski definition) is 2. The summed E-state index contributed by atoms with van der Waals surface area (Å²) < 4.78 is 11.2. The predicted octanol–water partition coefficient (Wildman–Crippen LogP) is 1.10. The van der Waals surface area contributed by atoms with E-state index in [0.717, 1.165) is 30.0 Å². The van der Waals surface area contributed by atoms with Crippen molar-refractivity contribution in [2.24, 2.45) is 0 Å². The van der Waals surface area contributed by atoms with E-state index in [2.05, 4.69) is 10.3 Å². The van der Waals surface area contributed by atoms with Gasteiger partial charge < -0.3 is 10.4 Å². The monoisotopic (exact) mass is 254 g/mol. The SMILES string of the molecule is O=C(O)c1ccc(NC2CCS(=O)CC2)cn1. The minimum atomic E-state index is -1.02. The number of nitrogens with zero attached hydrogens (tertiary/aromatic N) is 1. The standard InChI is InChI=1S/C11H14N2O3S/c14-11(15)10-2-1-9(7-12-10)13-8-3-5-17(16)6-4-8/h1-2,7-8,13H,3-6H2,(H,14,15). The van der Waals surface area contributed by atoms with Crippen LogP contribution in [0.1, 0.15) is 23.3 Å². The van der Waals surface area contributed by atoms with E-state index in [1.807, 2.05) is 0 Å². The lowest BCUT2D eigenvalue weighted by molar-refractivity contribution is 0.0690. The number of aromatic carboxylic acids is 1. The van der Waals surface area contributed by atoms with Crippen LogP contribution in [0.4, 0.5) is 5.69 Å². The van der Waals surface area contributed by atoms with E-state index in [0.29, 0.717) is 6.04 Å². The van der Waals surface area contributed by atoms with Gasteiger partial charge in [0.15, 0.2) is 0 Å². The molecule has 0 spiro atoms. The van der Waals surface area contributed by atoms with Gasteiger partial charge in [-0.1, -0.05) is 0 Å². The average Bonchev–Trinajstić information content (AvgIpc) is 2.33. The molecule has 6 heteroatoms. The molecule has 1 aromatic heterocycles. The van der Waals surface area contributed by atoms with Crippen molar-refractivity contribution in [3.63, 3.8) is 0 Å². The summed E-state index contributed by atoms with van der Waals surface area (Å²) in [7, 11) is -0.662. The average molecular weight is 254 g/mol. The minimum absolute atomic E-state index is 0.0419. The van der Waals surface area contributed by atoms with Crippen LogP contribution in [0.25, 0.3) is 0 Å². The molecule has 5 nitrogen and oxygen atoms in total. The quantitative estimate of drug-likeness (QED) is 0.844. The number of carboxylic acids is 1. The molecule has 0 bridgehead atoms. The summed E-state index contributed by atoms with van der Waals surface area (Å²) in [4.78, 5) is 14.5. The topological polar surface area (TPSA) is 79.3 Å². The molecule has 1 fully saturated rings. The molecule has 0 aromatic carbocycles. The Balaban J connectivity index is 1.95. The molecule has 1 aliphatic rings. The number of carbonyl (C=O) groups is 1. The van der Waals surface area contributed by atoms with Gasteiger partial charge in [-0.25, -0.2) is 9.78 Å². The number of aromatic nitrogens is 1. The zero-order valence-corrected chi connectivity index (χ0v) is 10.1. The number of carboxylic acid groups (broad SMARTS) is 1. The second kappa shape index (κ2) is 5.27. The Labute approximate surface area is 102 Å². The maximum absolute atomic E-state index is 11.2. The molecule has 0 atom stereocenters. The normalized spacial score (nSPS) is 24.2. The molecule has 2 N–H and O–H groups in total. The highest BCUT2D eigenvalue weighted by molar-refractivity contribution is 7.85. The third kappa shape index (κ3) is 3.26. The van der Waals surface area contributed by atoms with Gasteiger partial charge in [0.05, 0.1) is 11.9 Å². The van der Waals surface area contributed by atoms with Gasteiger partial charge in [0.25, 0.3) is 0 Å². The Morgan fingerprint density at radius 2 is 2.12 bits per heavy atom. The molecule has 0 aliphatic carbocycles. The largest absolute Gasteiger partial charge is 0.477 e. The smallest absolute Gasteiger partial charge is 0.354 e. The van der Waals surface area contributed by atoms with Crippen molar-refractivity contribution in [2.45, 2.75) is 18.9 Å². The Bertz CT molecular complexity index is 423. The summed E-state index contributed by atoms with van der Waals surface area (Å²) in [6, 6.07) is 3.50. The maximum Gasteiger partial charge on any atom is 0.354 e. The van der Waals surface area contributed by atoms with Crippen molar-refractivity contribution in [3.8, 4) is 0 Å². The van der Waals surface area contributed by atoms with E-state index >= 15 is 0 Å². The second-order valence-corrected chi connectivity index (χ2v) is 5.70. The molecule has 2 rings (SSSR count). The van der Waals surface area contributed by atoms with Gasteiger partial charge in [-0.3, -0.25) is 4.21 Å². The van der Waals surface area contributed by atoms with Gasteiger partial charge in [-0.05, 0) is 25.0 Å². The molecule has 17 heavy (non-hydrogen) atoms. The summed E-state index contributed by atoms with van der Waals surface area (Å²) in [6.07, 6.45) is 3.29. The highest BCUT2D eigenvalue weighted by atomic mass is 32.2. The van der Waals surface area contributed by atoms with Crippen molar-refractivity contribution in [1.82, 2.24) is 4.98 Å². The van der Waals surface area contributed by atoms with E-state index in [9.17, 15) is 9.00 Å². The lowest BCUT2D eigenvalue weighted by Gasteiger charge is -2.23. The van der Waals surface area contributed by atoms with Gasteiger partial charge in [-0.15, -0.1) is 0 Å². The fourth-order valence-electron chi connectivity index (χ4n) is 1.78. The number of anilines is 1. The van der Waals surface area contributed by atoms with Crippen LogP contribution in [0.5, 0.6) is 0 Å². The summed E-state index contributed by atoms with van der Waals surface area (Å²) in [5.41, 5.74) is 0.855. The summed E-state index contributed by atoms with van der Waals surface area (Å²) in [5.74, 6) is 0.445. The van der Waals surface area contributed by atoms with E-state index in [1.165, 1.54) is 12.3 Å². The van der Waals surface area contributed by atoms with Gasteiger partial charge in [0, 0.05) is 28.3 Å². The Kier molecular flexibility index (Phi) is 3.73. The molecule has 92 valence electrons. The van der Waals surface area contributed by atoms with Crippen molar-refractivity contribution in [3.05, 3.63) is 24.0 Å². The van der Waals surface area contributed by atoms with Crippen LogP contribution in [-0.4, -0.2) is 37.8 Å². The van der Waals surface area contributed by atoms with Crippen molar-refractivity contribution < 1.29 is 14.1 Å². The molecule has 0 unspecified atom stereocenters. The first kappa shape index (κ1) is 12.0. The Morgan fingerprint density at radius 3 is 2.65 bits per heavy atom. The van der Waals surface area contributed by atoms with Gasteiger partial charge in [0.1, 0.15) is 5.69 Å². The van der Waals surface area contributed by atoms with Crippen LogP contribution in [0, 0.1) is 0 Å². The van der Waals surface area contributed by atoms with Crippen LogP contribution in [0.2, 0.25) is 0 Å². The second-order valence-electron chi connectivity index (χ2n) is 4.00. The van der Waals surface area contributed by atoms with Gasteiger partial charge in [0.2, 0.25) is 0 Å². The predicted molar refractivity (Wildman–Crippen MR) is 65.7 cm³/mol. The van der Waals surface area contributed by atoms with Crippen molar-refractivity contribution >= 4 is 22.5 Å². The van der Waals surface area contributed by atoms with Crippen LogP contribution < -0.4 is 5.32 Å². The van der Waals surface area contributed by atoms with Crippen LogP contribution in [0.15, 0.2) is 18.3 Å². The molecule has 2 heterocycles. The summed E-state index contributed by atoms with van der Waals surface area (Å²) in [6.45, 7) is 0. The third-order valence-electron chi connectivity index (χ3n) is 2.74. The van der Waals surface area contributed by atoms with Gasteiger partial charge >= 0.3 is 5.97 Å². The summed E-state index contributed by atoms with van der Waals surface area (Å²) >= 11 is 0. The Morgan fingerprint density at radius 1 is 1.41 bits per heavy atom. The first-order chi connectivity index (χ1) is 8.15. The van der Waals surface area contributed by atoms with E-state index in [-0.39, 0.29) is 5.69 Å². The zero-order valence-electron chi connectivity index (χ0n) is 9.26. The molecule has 0 saturated carbocycles.